The third kappa shape index (κ3) is 3.62. The van der Waals surface area contributed by atoms with E-state index in [0.717, 1.165) is 45.6 Å². The summed E-state index contributed by atoms with van der Waals surface area (Å²) in [6.45, 7) is 11.4. The predicted octanol–water partition coefficient (Wildman–Crippen LogP) is -1.81. The molecule has 1 saturated carbocycles. The smallest absolute Gasteiger partial charge is 0.849 e. The second-order valence-corrected chi connectivity index (χ2v) is 5.79. The van der Waals surface area contributed by atoms with E-state index in [1.54, 1.807) is 0 Å². The number of rotatable bonds is 2. The van der Waals surface area contributed by atoms with Crippen molar-refractivity contribution in [1.29, 1.82) is 0 Å². The van der Waals surface area contributed by atoms with Crippen molar-refractivity contribution in [2.45, 2.75) is 44.8 Å². The van der Waals surface area contributed by atoms with Crippen molar-refractivity contribution in [1.82, 2.24) is 4.90 Å². The summed E-state index contributed by atoms with van der Waals surface area (Å²) in [5.74, 6) is 0.532. The summed E-state index contributed by atoms with van der Waals surface area (Å²) in [5.41, 5.74) is 0.433. The van der Waals surface area contributed by atoms with Crippen molar-refractivity contribution in [2.75, 3.05) is 26.3 Å². The molecule has 18 heavy (non-hydrogen) atoms. The Balaban J connectivity index is 0.00000162. The van der Waals surface area contributed by atoms with Gasteiger partial charge in [0.15, 0.2) is 0 Å². The molecular formula is C14H24LiNO2. The zero-order chi connectivity index (χ0) is 12.5. The van der Waals surface area contributed by atoms with E-state index >= 15 is 0 Å². The molecule has 0 amide bonds. The van der Waals surface area contributed by atoms with Crippen LogP contribution in [0.5, 0.6) is 0 Å². The van der Waals surface area contributed by atoms with Gasteiger partial charge in [-0.1, -0.05) is 25.5 Å². The van der Waals surface area contributed by atoms with E-state index in [2.05, 4.69) is 18.4 Å². The van der Waals surface area contributed by atoms with Crippen LogP contribution in [0.15, 0.2) is 12.2 Å². The van der Waals surface area contributed by atoms with Crippen molar-refractivity contribution >= 4 is 0 Å². The van der Waals surface area contributed by atoms with Crippen LogP contribution in [0.1, 0.15) is 33.1 Å². The van der Waals surface area contributed by atoms with Crippen LogP contribution < -0.4 is 24.0 Å². The number of morpholine rings is 1. The minimum atomic E-state index is -0.802. The molecule has 98 valence electrons. The van der Waals surface area contributed by atoms with Gasteiger partial charge < -0.3 is 9.84 Å². The second kappa shape index (κ2) is 6.59. The second-order valence-electron chi connectivity index (χ2n) is 5.79. The molecule has 3 nitrogen and oxygen atoms in total. The molecule has 0 spiro atoms. The molecule has 0 N–H and O–H groups in total. The molecule has 0 unspecified atom stereocenters. The summed E-state index contributed by atoms with van der Waals surface area (Å²) in [5, 5.41) is 12.6. The van der Waals surface area contributed by atoms with Crippen LogP contribution in [0.2, 0.25) is 0 Å². The maximum absolute atomic E-state index is 12.6. The quantitative estimate of drug-likeness (QED) is 0.425. The third-order valence-corrected chi connectivity index (χ3v) is 4.39. The molecule has 2 fully saturated rings. The molecule has 0 aromatic rings. The molecule has 1 heterocycles. The number of hydrogen-bond acceptors (Lipinski definition) is 3. The largest absolute Gasteiger partial charge is 1.00 e. The van der Waals surface area contributed by atoms with Gasteiger partial charge in [-0.3, -0.25) is 4.90 Å². The van der Waals surface area contributed by atoms with Crippen molar-refractivity contribution in [2.24, 2.45) is 5.92 Å². The Morgan fingerprint density at radius 3 is 2.56 bits per heavy atom. The molecule has 0 bridgehead atoms. The molecule has 1 aliphatic heterocycles. The van der Waals surface area contributed by atoms with Gasteiger partial charge in [0.2, 0.25) is 0 Å². The summed E-state index contributed by atoms with van der Waals surface area (Å²) in [6.07, 6.45) is 2.76. The van der Waals surface area contributed by atoms with E-state index in [1.807, 2.05) is 6.92 Å². The number of nitrogens with zero attached hydrogens (tertiary/aromatic N) is 1. The molecular weight excluding hydrogens is 221 g/mol. The third-order valence-electron chi connectivity index (χ3n) is 4.39. The first-order valence-electron chi connectivity index (χ1n) is 6.68. The van der Waals surface area contributed by atoms with Crippen LogP contribution in [-0.4, -0.2) is 42.8 Å². The Kier molecular flexibility index (Phi) is 5.96. The molecule has 1 aliphatic carbocycles. The normalized spacial score (nSPS) is 37.9. The first kappa shape index (κ1) is 16.3. The fourth-order valence-corrected chi connectivity index (χ4v) is 3.14. The molecule has 4 heteroatoms. The fourth-order valence-electron chi connectivity index (χ4n) is 3.14. The van der Waals surface area contributed by atoms with Crippen molar-refractivity contribution in [3.8, 4) is 0 Å². The van der Waals surface area contributed by atoms with E-state index in [4.69, 9.17) is 4.74 Å². The predicted molar refractivity (Wildman–Crippen MR) is 66.7 cm³/mol. The van der Waals surface area contributed by atoms with Gasteiger partial charge in [-0.25, -0.2) is 0 Å². The van der Waals surface area contributed by atoms with E-state index in [1.165, 1.54) is 5.57 Å². The summed E-state index contributed by atoms with van der Waals surface area (Å²) in [6, 6.07) is 0.154. The minimum absolute atomic E-state index is 0. The molecule has 0 radical (unpaired) electrons. The standard InChI is InChI=1S/C14H24NO2.Li/c1-11(2)12-4-5-14(3,16)13(10-12)15-6-8-17-9-7-15;/h12-13H,1,4-10H2,2-3H3;/q-1;+1/t12-,13+,14+;/m0./s1. The van der Waals surface area contributed by atoms with Gasteiger partial charge >= 0.3 is 18.9 Å². The summed E-state index contributed by atoms with van der Waals surface area (Å²) < 4.78 is 5.37. The van der Waals surface area contributed by atoms with Crippen LogP contribution in [0.4, 0.5) is 0 Å². The zero-order valence-corrected chi connectivity index (χ0v) is 12.1. The van der Waals surface area contributed by atoms with Crippen LogP contribution >= 0.6 is 0 Å². The fraction of sp³-hybridized carbons (Fsp3) is 0.857. The molecule has 0 aromatic heterocycles. The van der Waals surface area contributed by atoms with Crippen LogP contribution in [0.3, 0.4) is 0 Å². The first-order valence-corrected chi connectivity index (χ1v) is 6.68. The number of hydrogen-bond donors (Lipinski definition) is 0. The van der Waals surface area contributed by atoms with Crippen LogP contribution in [0, 0.1) is 5.92 Å². The maximum Gasteiger partial charge on any atom is 1.00 e. The molecule has 0 aromatic carbocycles. The Morgan fingerprint density at radius 1 is 1.39 bits per heavy atom. The number of allylic oxidation sites excluding steroid dienone is 1. The number of ether oxygens (including phenoxy) is 1. The van der Waals surface area contributed by atoms with Gasteiger partial charge in [0, 0.05) is 19.1 Å². The molecule has 1 saturated heterocycles. The van der Waals surface area contributed by atoms with Crippen LogP contribution in [-0.2, 0) is 4.74 Å². The van der Waals surface area contributed by atoms with Crippen molar-refractivity contribution in [3.05, 3.63) is 12.2 Å². The Bertz CT molecular complexity index is 288. The Hall–Kier alpha value is 0.217. The Labute approximate surface area is 123 Å². The van der Waals surface area contributed by atoms with Crippen molar-refractivity contribution in [3.63, 3.8) is 0 Å². The SMILES string of the molecule is C=C(C)[C@H]1CC[C@@](C)([O-])[C@H](N2CCOCC2)C1.[Li+]. The average Bonchev–Trinajstić information content (AvgIpc) is 2.29. The topological polar surface area (TPSA) is 35.5 Å². The maximum atomic E-state index is 12.6. The van der Waals surface area contributed by atoms with Crippen LogP contribution in [0.25, 0.3) is 0 Å². The van der Waals surface area contributed by atoms with Crippen molar-refractivity contribution < 1.29 is 28.7 Å². The average molecular weight is 245 g/mol. The van der Waals surface area contributed by atoms with E-state index in [9.17, 15) is 5.11 Å². The van der Waals surface area contributed by atoms with E-state index in [-0.39, 0.29) is 24.9 Å². The van der Waals surface area contributed by atoms with Gasteiger partial charge in [0.05, 0.1) is 13.2 Å². The zero-order valence-electron chi connectivity index (χ0n) is 12.1. The monoisotopic (exact) mass is 245 g/mol. The molecule has 2 rings (SSSR count). The molecule has 2 aliphatic rings. The summed E-state index contributed by atoms with van der Waals surface area (Å²) in [7, 11) is 0. The van der Waals surface area contributed by atoms with Gasteiger partial charge in [0.1, 0.15) is 0 Å². The van der Waals surface area contributed by atoms with Gasteiger partial charge in [-0.15, -0.1) is 5.60 Å². The summed E-state index contributed by atoms with van der Waals surface area (Å²) in [4.78, 5) is 2.34. The van der Waals surface area contributed by atoms with Gasteiger partial charge in [-0.2, -0.15) is 0 Å². The van der Waals surface area contributed by atoms with E-state index in [0.29, 0.717) is 5.92 Å². The van der Waals surface area contributed by atoms with Gasteiger partial charge in [-0.05, 0) is 25.7 Å². The Morgan fingerprint density at radius 2 is 2.00 bits per heavy atom. The minimum Gasteiger partial charge on any atom is -0.849 e. The first-order chi connectivity index (χ1) is 8.00. The molecule has 3 atom stereocenters. The van der Waals surface area contributed by atoms with Gasteiger partial charge in [0.25, 0.3) is 0 Å². The summed E-state index contributed by atoms with van der Waals surface area (Å²) >= 11 is 0. The van der Waals surface area contributed by atoms with E-state index < -0.39 is 5.60 Å².